The average molecular weight is 243 g/mol. The van der Waals surface area contributed by atoms with Crippen molar-refractivity contribution in [1.29, 1.82) is 0 Å². The molecule has 17 heavy (non-hydrogen) atoms. The van der Waals surface area contributed by atoms with Crippen molar-refractivity contribution in [1.82, 2.24) is 0 Å². The fraction of sp³-hybridized carbons (Fsp3) is 0.143. The number of benzene rings is 2. The summed E-state index contributed by atoms with van der Waals surface area (Å²) in [6.07, 6.45) is 0.993. The van der Waals surface area contributed by atoms with Crippen LogP contribution in [0.3, 0.4) is 0 Å². The van der Waals surface area contributed by atoms with Crippen molar-refractivity contribution in [3.63, 3.8) is 0 Å². The second kappa shape index (κ2) is 4.56. The Morgan fingerprint density at radius 2 is 1.94 bits per heavy atom. The summed E-state index contributed by atoms with van der Waals surface area (Å²) in [6, 6.07) is 16.4. The molecule has 1 heterocycles. The van der Waals surface area contributed by atoms with E-state index in [1.165, 1.54) is 11.0 Å². The fourth-order valence-corrected chi connectivity index (χ4v) is 2.54. The molecule has 0 spiro atoms. The minimum atomic E-state index is 0.0265. The molecule has 1 aliphatic rings. The summed E-state index contributed by atoms with van der Waals surface area (Å²) in [7, 11) is 0. The maximum Gasteiger partial charge on any atom is 0.361 e. The molecule has 1 nitrogen and oxygen atoms in total. The van der Waals surface area contributed by atoms with Gasteiger partial charge in [0.25, 0.3) is 0 Å². The van der Waals surface area contributed by atoms with E-state index in [-0.39, 0.29) is 6.92 Å². The Kier molecular flexibility index (Phi) is 2.92. The monoisotopic (exact) mass is 242 g/mol. The minimum Gasteiger partial charge on any atom is -0.427 e. The summed E-state index contributed by atoms with van der Waals surface area (Å²) in [6.45, 7) is 0.799. The lowest BCUT2D eigenvalue weighted by atomic mass is 9.53. The summed E-state index contributed by atoms with van der Waals surface area (Å²) >= 11 is 6.04. The van der Waals surface area contributed by atoms with Crippen LogP contribution in [0, 0.1) is 0 Å². The molecule has 0 fully saturated rings. The zero-order chi connectivity index (χ0) is 11.7. The van der Waals surface area contributed by atoms with E-state index in [2.05, 4.69) is 30.3 Å². The third-order valence-electron chi connectivity index (χ3n) is 3.14. The van der Waals surface area contributed by atoms with Gasteiger partial charge in [-0.15, -0.1) is 0 Å². The minimum absolute atomic E-state index is 0.0265. The largest absolute Gasteiger partial charge is 0.427 e. The Hall–Kier alpha value is -1.25. The van der Waals surface area contributed by atoms with E-state index in [1.807, 2.05) is 18.2 Å². The molecule has 0 saturated carbocycles. The van der Waals surface area contributed by atoms with Gasteiger partial charge in [0.2, 0.25) is 0 Å². The summed E-state index contributed by atoms with van der Waals surface area (Å²) in [5.74, 6) is 0. The highest BCUT2D eigenvalue weighted by Crippen LogP contribution is 2.10. The highest BCUT2D eigenvalue weighted by Gasteiger charge is 2.27. The summed E-state index contributed by atoms with van der Waals surface area (Å²) < 4.78 is 5.89. The lowest BCUT2D eigenvalue weighted by molar-refractivity contribution is 0.330. The van der Waals surface area contributed by atoms with Crippen LogP contribution in [0.4, 0.5) is 0 Å². The van der Waals surface area contributed by atoms with Gasteiger partial charge in [0.15, 0.2) is 0 Å². The molecule has 2 aromatic rings. The molecule has 0 bridgehead atoms. The van der Waals surface area contributed by atoms with Crippen LogP contribution in [0.5, 0.6) is 0 Å². The number of rotatable bonds is 1. The van der Waals surface area contributed by atoms with Crippen LogP contribution in [0.2, 0.25) is 5.02 Å². The van der Waals surface area contributed by atoms with Gasteiger partial charge in [-0.2, -0.15) is 0 Å². The molecule has 0 atom stereocenters. The molecule has 0 saturated heterocycles. The van der Waals surface area contributed by atoms with Crippen LogP contribution in [0.25, 0.3) is 0 Å². The number of hydrogen-bond acceptors (Lipinski definition) is 1. The molecule has 0 N–H and O–H groups in total. The number of halogens is 1. The van der Waals surface area contributed by atoms with E-state index in [4.69, 9.17) is 16.3 Å². The molecule has 84 valence electrons. The van der Waals surface area contributed by atoms with Crippen molar-refractivity contribution in [2.45, 2.75) is 6.42 Å². The Balaban J connectivity index is 2.06. The van der Waals surface area contributed by atoms with Gasteiger partial charge >= 0.3 is 6.92 Å². The van der Waals surface area contributed by atoms with E-state index in [1.54, 1.807) is 0 Å². The highest BCUT2D eigenvalue weighted by molar-refractivity contribution is 6.80. The van der Waals surface area contributed by atoms with Crippen LogP contribution in [-0.2, 0) is 11.1 Å². The molecule has 1 aliphatic heterocycles. The van der Waals surface area contributed by atoms with E-state index >= 15 is 0 Å². The predicted octanol–water partition coefficient (Wildman–Crippen LogP) is 2.02. The summed E-state index contributed by atoms with van der Waals surface area (Å²) in [5, 5.41) is 0.758. The van der Waals surface area contributed by atoms with Crippen LogP contribution >= 0.6 is 11.6 Å². The van der Waals surface area contributed by atoms with E-state index in [9.17, 15) is 0 Å². The van der Waals surface area contributed by atoms with Gasteiger partial charge in [-0.1, -0.05) is 48.0 Å². The van der Waals surface area contributed by atoms with Crippen LogP contribution in [0.1, 0.15) is 5.56 Å². The molecule has 0 unspecified atom stereocenters. The van der Waals surface area contributed by atoms with Crippen LogP contribution in [-0.4, -0.2) is 13.5 Å². The second-order valence-electron chi connectivity index (χ2n) is 4.25. The first kappa shape index (κ1) is 10.9. The van der Waals surface area contributed by atoms with Gasteiger partial charge in [0.05, 0.1) is 0 Å². The normalized spacial score (nSPS) is 14.5. The van der Waals surface area contributed by atoms with Gasteiger partial charge in [-0.05, 0) is 35.0 Å². The first-order chi connectivity index (χ1) is 8.34. The Morgan fingerprint density at radius 1 is 1.06 bits per heavy atom. The standard InChI is InChI=1S/C14H12BClO/c16-13-6-3-5-12(10-13)15-14-7-2-1-4-11(14)8-9-17-15/h1-7,10H,8-9H2. The van der Waals surface area contributed by atoms with Crippen LogP contribution < -0.4 is 10.9 Å². The smallest absolute Gasteiger partial charge is 0.361 e. The third kappa shape index (κ3) is 2.11. The maximum atomic E-state index is 6.04. The Morgan fingerprint density at radius 3 is 2.82 bits per heavy atom. The zero-order valence-corrected chi connectivity index (χ0v) is 10.2. The molecular formula is C14H12BClO. The first-order valence-electron chi connectivity index (χ1n) is 5.79. The second-order valence-corrected chi connectivity index (χ2v) is 4.69. The van der Waals surface area contributed by atoms with Crippen molar-refractivity contribution >= 4 is 29.4 Å². The van der Waals surface area contributed by atoms with Crippen molar-refractivity contribution in [2.75, 3.05) is 6.61 Å². The molecular weight excluding hydrogens is 230 g/mol. The highest BCUT2D eigenvalue weighted by atomic mass is 35.5. The third-order valence-corrected chi connectivity index (χ3v) is 3.38. The van der Waals surface area contributed by atoms with Crippen molar-refractivity contribution in [3.05, 3.63) is 59.1 Å². The molecule has 0 aromatic heterocycles. The Labute approximate surface area is 106 Å². The first-order valence-corrected chi connectivity index (χ1v) is 6.17. The lowest BCUT2D eigenvalue weighted by Gasteiger charge is -2.23. The topological polar surface area (TPSA) is 9.23 Å². The molecule has 2 aromatic carbocycles. The van der Waals surface area contributed by atoms with Crippen molar-refractivity contribution < 1.29 is 4.65 Å². The van der Waals surface area contributed by atoms with Crippen LogP contribution in [0.15, 0.2) is 48.5 Å². The van der Waals surface area contributed by atoms with Crippen molar-refractivity contribution in [3.8, 4) is 0 Å². The zero-order valence-electron chi connectivity index (χ0n) is 9.40. The average Bonchev–Trinajstić information content (AvgIpc) is 2.38. The van der Waals surface area contributed by atoms with E-state index in [0.29, 0.717) is 0 Å². The van der Waals surface area contributed by atoms with Gasteiger partial charge in [-0.25, -0.2) is 0 Å². The summed E-state index contributed by atoms with van der Waals surface area (Å²) in [5.41, 5.74) is 3.77. The quantitative estimate of drug-likeness (QED) is 0.695. The van der Waals surface area contributed by atoms with Gasteiger partial charge in [0.1, 0.15) is 0 Å². The Bertz CT molecular complexity index is 541. The van der Waals surface area contributed by atoms with Gasteiger partial charge < -0.3 is 4.65 Å². The molecule has 3 rings (SSSR count). The van der Waals surface area contributed by atoms with Crippen molar-refractivity contribution in [2.24, 2.45) is 0 Å². The molecule has 0 radical (unpaired) electrons. The molecule has 0 aliphatic carbocycles. The van der Waals surface area contributed by atoms with Gasteiger partial charge in [-0.3, -0.25) is 0 Å². The fourth-order valence-electron chi connectivity index (χ4n) is 2.34. The number of fused-ring (bicyclic) bond motifs is 1. The van der Waals surface area contributed by atoms with E-state index in [0.717, 1.165) is 23.5 Å². The van der Waals surface area contributed by atoms with Gasteiger partial charge in [0, 0.05) is 11.6 Å². The molecule has 3 heteroatoms. The number of hydrogen-bond donors (Lipinski definition) is 0. The SMILES string of the molecule is Clc1cccc(B2OCCc3ccccc32)c1. The lowest BCUT2D eigenvalue weighted by Crippen LogP contribution is -2.49. The van der Waals surface area contributed by atoms with E-state index < -0.39 is 0 Å². The predicted molar refractivity (Wildman–Crippen MR) is 72.6 cm³/mol. The summed E-state index contributed by atoms with van der Waals surface area (Å²) in [4.78, 5) is 0. The maximum absolute atomic E-state index is 6.04. The molecule has 0 amide bonds.